The number of nitro groups is 1. The molecular formula is C13H19N3O3. The highest BCUT2D eigenvalue weighted by Crippen LogP contribution is 2.23. The van der Waals surface area contributed by atoms with Crippen LogP contribution in [0, 0.1) is 10.1 Å². The standard InChI is InChI=1S/C13H19N3O3/c1-3-5-8-15(4-2)13(17)11-9-10(14)6-7-12(11)16(18)19/h6-7,9H,3-5,8,14H2,1-2H3. The SMILES string of the molecule is CCCCN(CC)C(=O)c1cc(N)ccc1[N+](=O)[O-]. The van der Waals surface area contributed by atoms with E-state index >= 15 is 0 Å². The molecule has 6 heteroatoms. The summed E-state index contributed by atoms with van der Waals surface area (Å²) in [6, 6.07) is 4.07. The summed E-state index contributed by atoms with van der Waals surface area (Å²) in [5.74, 6) is -0.338. The number of amides is 1. The minimum absolute atomic E-state index is 0.0583. The lowest BCUT2D eigenvalue weighted by Crippen LogP contribution is -2.32. The number of hydrogen-bond donors (Lipinski definition) is 1. The van der Waals surface area contributed by atoms with Crippen LogP contribution >= 0.6 is 0 Å². The molecule has 0 aromatic heterocycles. The molecule has 19 heavy (non-hydrogen) atoms. The van der Waals surface area contributed by atoms with Gasteiger partial charge in [-0.25, -0.2) is 0 Å². The number of benzene rings is 1. The van der Waals surface area contributed by atoms with Gasteiger partial charge in [-0.2, -0.15) is 0 Å². The third-order valence-corrected chi connectivity index (χ3v) is 2.90. The summed E-state index contributed by atoms with van der Waals surface area (Å²) in [6.45, 7) is 5.00. The Labute approximate surface area is 112 Å². The zero-order chi connectivity index (χ0) is 14.4. The van der Waals surface area contributed by atoms with Gasteiger partial charge in [0.2, 0.25) is 0 Å². The molecule has 1 rings (SSSR count). The van der Waals surface area contributed by atoms with Crippen LogP contribution in [0.5, 0.6) is 0 Å². The van der Waals surface area contributed by atoms with Crippen molar-refractivity contribution < 1.29 is 9.72 Å². The quantitative estimate of drug-likeness (QED) is 0.486. The van der Waals surface area contributed by atoms with Gasteiger partial charge in [0.25, 0.3) is 11.6 Å². The molecule has 6 nitrogen and oxygen atoms in total. The smallest absolute Gasteiger partial charge is 0.282 e. The maximum Gasteiger partial charge on any atom is 0.282 e. The molecule has 0 aliphatic heterocycles. The largest absolute Gasteiger partial charge is 0.399 e. The molecule has 0 heterocycles. The van der Waals surface area contributed by atoms with Gasteiger partial charge in [-0.3, -0.25) is 14.9 Å². The number of unbranched alkanes of at least 4 members (excludes halogenated alkanes) is 1. The van der Waals surface area contributed by atoms with Gasteiger partial charge in [0.05, 0.1) is 4.92 Å². The number of anilines is 1. The molecule has 0 saturated heterocycles. The molecule has 0 spiro atoms. The van der Waals surface area contributed by atoms with Crippen molar-refractivity contribution in [2.45, 2.75) is 26.7 Å². The molecule has 0 saturated carbocycles. The highest BCUT2D eigenvalue weighted by Gasteiger charge is 2.23. The summed E-state index contributed by atoms with van der Waals surface area (Å²) in [5, 5.41) is 11.0. The van der Waals surface area contributed by atoms with Gasteiger partial charge in [0.1, 0.15) is 5.56 Å². The molecule has 0 fully saturated rings. The first-order valence-corrected chi connectivity index (χ1v) is 6.34. The second-order valence-electron chi connectivity index (χ2n) is 4.27. The Hall–Kier alpha value is -2.11. The summed E-state index contributed by atoms with van der Waals surface area (Å²) >= 11 is 0. The minimum Gasteiger partial charge on any atom is -0.399 e. The predicted octanol–water partition coefficient (Wildman–Crippen LogP) is 2.44. The van der Waals surface area contributed by atoms with Crippen LogP contribution in [0.2, 0.25) is 0 Å². The summed E-state index contributed by atoms with van der Waals surface area (Å²) in [5.41, 5.74) is 5.82. The second-order valence-corrected chi connectivity index (χ2v) is 4.27. The number of nitro benzene ring substituents is 1. The monoisotopic (exact) mass is 265 g/mol. The van der Waals surface area contributed by atoms with Gasteiger partial charge in [0.15, 0.2) is 0 Å². The Morgan fingerprint density at radius 1 is 1.42 bits per heavy atom. The lowest BCUT2D eigenvalue weighted by molar-refractivity contribution is -0.385. The molecule has 1 aromatic carbocycles. The van der Waals surface area contributed by atoms with E-state index in [4.69, 9.17) is 5.73 Å². The van der Waals surface area contributed by atoms with Crippen molar-refractivity contribution in [1.82, 2.24) is 4.90 Å². The number of carbonyl (C=O) groups is 1. The molecule has 0 atom stereocenters. The van der Waals surface area contributed by atoms with Gasteiger partial charge < -0.3 is 10.6 Å². The number of hydrogen-bond acceptors (Lipinski definition) is 4. The van der Waals surface area contributed by atoms with E-state index in [2.05, 4.69) is 0 Å². The number of carbonyl (C=O) groups excluding carboxylic acids is 1. The van der Waals surface area contributed by atoms with Crippen LogP contribution in [0.25, 0.3) is 0 Å². The molecule has 104 valence electrons. The Morgan fingerprint density at radius 2 is 2.11 bits per heavy atom. The maximum atomic E-state index is 12.3. The van der Waals surface area contributed by atoms with Crippen LogP contribution in [0.15, 0.2) is 18.2 Å². The van der Waals surface area contributed by atoms with Crippen molar-refractivity contribution in [3.05, 3.63) is 33.9 Å². The molecule has 0 aliphatic rings. The Balaban J connectivity index is 3.09. The van der Waals surface area contributed by atoms with Crippen LogP contribution in [-0.4, -0.2) is 28.8 Å². The van der Waals surface area contributed by atoms with Crippen molar-refractivity contribution in [1.29, 1.82) is 0 Å². The van der Waals surface area contributed by atoms with Gasteiger partial charge in [-0.05, 0) is 25.5 Å². The van der Waals surface area contributed by atoms with Crippen molar-refractivity contribution >= 4 is 17.3 Å². The van der Waals surface area contributed by atoms with E-state index in [0.29, 0.717) is 18.8 Å². The lowest BCUT2D eigenvalue weighted by Gasteiger charge is -2.20. The molecule has 2 N–H and O–H groups in total. The van der Waals surface area contributed by atoms with Crippen molar-refractivity contribution in [2.24, 2.45) is 0 Å². The van der Waals surface area contributed by atoms with E-state index < -0.39 is 4.92 Å². The molecule has 0 unspecified atom stereocenters. The van der Waals surface area contributed by atoms with Crippen LogP contribution in [0.3, 0.4) is 0 Å². The van der Waals surface area contributed by atoms with Gasteiger partial charge in [-0.15, -0.1) is 0 Å². The van der Waals surface area contributed by atoms with Gasteiger partial charge in [-0.1, -0.05) is 13.3 Å². The fourth-order valence-corrected chi connectivity index (χ4v) is 1.81. The van der Waals surface area contributed by atoms with Crippen LogP contribution in [0.1, 0.15) is 37.0 Å². The minimum atomic E-state index is -0.555. The lowest BCUT2D eigenvalue weighted by atomic mass is 10.1. The van der Waals surface area contributed by atoms with E-state index in [1.807, 2.05) is 13.8 Å². The number of nitrogen functional groups attached to an aromatic ring is 1. The number of nitrogens with zero attached hydrogens (tertiary/aromatic N) is 2. The normalized spacial score (nSPS) is 10.2. The first-order chi connectivity index (χ1) is 9.01. The second kappa shape index (κ2) is 6.72. The maximum absolute atomic E-state index is 12.3. The highest BCUT2D eigenvalue weighted by molar-refractivity contribution is 5.99. The fourth-order valence-electron chi connectivity index (χ4n) is 1.81. The summed E-state index contributed by atoms with van der Waals surface area (Å²) in [6.07, 6.45) is 1.83. The number of nitrogens with two attached hydrogens (primary N) is 1. The van der Waals surface area contributed by atoms with Crippen LogP contribution in [0.4, 0.5) is 11.4 Å². The van der Waals surface area contributed by atoms with Gasteiger partial charge >= 0.3 is 0 Å². The predicted molar refractivity (Wildman–Crippen MR) is 74.0 cm³/mol. The average molecular weight is 265 g/mol. The first-order valence-electron chi connectivity index (χ1n) is 6.34. The number of rotatable bonds is 6. The summed E-state index contributed by atoms with van der Waals surface area (Å²) in [7, 11) is 0. The molecule has 1 aromatic rings. The van der Waals surface area contributed by atoms with E-state index in [1.54, 1.807) is 4.90 Å². The van der Waals surface area contributed by atoms with E-state index in [1.165, 1.54) is 18.2 Å². The molecule has 1 amide bonds. The third kappa shape index (κ3) is 3.67. The highest BCUT2D eigenvalue weighted by atomic mass is 16.6. The van der Waals surface area contributed by atoms with Crippen LogP contribution < -0.4 is 5.73 Å². The van der Waals surface area contributed by atoms with Crippen molar-refractivity contribution in [3.8, 4) is 0 Å². The van der Waals surface area contributed by atoms with Gasteiger partial charge in [0, 0.05) is 24.8 Å². The summed E-state index contributed by atoms with van der Waals surface area (Å²) < 4.78 is 0. The molecule has 0 bridgehead atoms. The Morgan fingerprint density at radius 3 is 2.63 bits per heavy atom. The molecule has 0 radical (unpaired) electrons. The van der Waals surface area contributed by atoms with E-state index in [9.17, 15) is 14.9 Å². The van der Waals surface area contributed by atoms with E-state index in [0.717, 1.165) is 12.8 Å². The first kappa shape index (κ1) is 14.9. The Bertz CT molecular complexity index is 474. The van der Waals surface area contributed by atoms with Crippen LogP contribution in [-0.2, 0) is 0 Å². The fraction of sp³-hybridized carbons (Fsp3) is 0.462. The summed E-state index contributed by atoms with van der Waals surface area (Å²) in [4.78, 5) is 24.3. The average Bonchev–Trinajstić information content (AvgIpc) is 2.38. The Kier molecular flexibility index (Phi) is 5.29. The zero-order valence-electron chi connectivity index (χ0n) is 11.3. The van der Waals surface area contributed by atoms with Crippen molar-refractivity contribution in [2.75, 3.05) is 18.8 Å². The molecule has 0 aliphatic carbocycles. The van der Waals surface area contributed by atoms with E-state index in [-0.39, 0.29) is 17.2 Å². The zero-order valence-corrected chi connectivity index (χ0v) is 11.3. The van der Waals surface area contributed by atoms with Crippen molar-refractivity contribution in [3.63, 3.8) is 0 Å². The topological polar surface area (TPSA) is 89.5 Å². The third-order valence-electron chi connectivity index (χ3n) is 2.90. The molecular weight excluding hydrogens is 246 g/mol.